The van der Waals surface area contributed by atoms with Gasteiger partial charge in [-0.15, -0.1) is 0 Å². The maximum atomic E-state index is 13.1. The molecule has 3 amide bonds. The molecule has 0 fully saturated rings. The Hall–Kier alpha value is -3.92. The molecule has 0 aliphatic rings. The molecule has 180 valence electrons. The summed E-state index contributed by atoms with van der Waals surface area (Å²) in [5.74, 6) is -1.46. The summed E-state index contributed by atoms with van der Waals surface area (Å²) in [6, 6.07) is 8.32. The highest BCUT2D eigenvalue weighted by atomic mass is 19.1. The summed E-state index contributed by atoms with van der Waals surface area (Å²) in [7, 11) is 7.36. The number of hydrogen-bond acceptors (Lipinski definition) is 4. The first-order chi connectivity index (χ1) is 16.1. The fraction of sp³-hybridized carbons (Fsp3) is 0.292. The number of hydrogen-bond donors (Lipinski definition) is 3. The average molecular weight is 469 g/mol. The van der Waals surface area contributed by atoms with Gasteiger partial charge in [0.15, 0.2) is 0 Å². The second-order valence-electron chi connectivity index (χ2n) is 8.28. The predicted molar refractivity (Wildman–Crippen MR) is 129 cm³/mol. The predicted octanol–water partition coefficient (Wildman–Crippen LogP) is 2.69. The fourth-order valence-electron chi connectivity index (χ4n) is 3.40. The standard InChI is InChI=1S/C24H29FN6O3/c1-29(2)11-5-10-26-23(33)20-12-19(15-30(20)3)28-24(34)21-13-18(14-31(21)4)27-22(32)16-6-8-17(25)9-7-16/h6-9,12-15H,5,10-11H2,1-4H3,(H,26,33)(H,27,32)(H,28,34). The molecule has 0 saturated heterocycles. The number of anilines is 2. The van der Waals surface area contributed by atoms with Crippen LogP contribution in [0.1, 0.15) is 37.8 Å². The maximum absolute atomic E-state index is 13.1. The Bertz CT molecular complexity index is 1180. The molecule has 0 aliphatic carbocycles. The molecule has 34 heavy (non-hydrogen) atoms. The molecule has 1 aromatic carbocycles. The maximum Gasteiger partial charge on any atom is 0.272 e. The quantitative estimate of drug-likeness (QED) is 0.421. The van der Waals surface area contributed by atoms with E-state index in [1.165, 1.54) is 30.3 Å². The molecule has 0 radical (unpaired) electrons. The molecule has 0 bridgehead atoms. The molecule has 0 saturated carbocycles. The van der Waals surface area contributed by atoms with Crippen LogP contribution in [0.3, 0.4) is 0 Å². The number of amides is 3. The number of nitrogens with one attached hydrogen (secondary N) is 3. The van der Waals surface area contributed by atoms with E-state index in [9.17, 15) is 18.8 Å². The fourth-order valence-corrected chi connectivity index (χ4v) is 3.40. The minimum Gasteiger partial charge on any atom is -0.351 e. The van der Waals surface area contributed by atoms with Crippen LogP contribution in [0.25, 0.3) is 0 Å². The van der Waals surface area contributed by atoms with Crippen molar-refractivity contribution >= 4 is 29.1 Å². The van der Waals surface area contributed by atoms with Gasteiger partial charge in [0.25, 0.3) is 17.7 Å². The summed E-state index contributed by atoms with van der Waals surface area (Å²) in [4.78, 5) is 39.7. The van der Waals surface area contributed by atoms with Gasteiger partial charge in [0.2, 0.25) is 0 Å². The number of aryl methyl sites for hydroxylation is 2. The van der Waals surface area contributed by atoms with Crippen LogP contribution in [-0.2, 0) is 14.1 Å². The van der Waals surface area contributed by atoms with E-state index in [0.29, 0.717) is 34.9 Å². The molecule has 9 nitrogen and oxygen atoms in total. The van der Waals surface area contributed by atoms with Gasteiger partial charge in [0, 0.05) is 38.6 Å². The lowest BCUT2D eigenvalue weighted by Crippen LogP contribution is -2.28. The van der Waals surface area contributed by atoms with Gasteiger partial charge in [0.1, 0.15) is 17.2 Å². The van der Waals surface area contributed by atoms with Crippen molar-refractivity contribution in [2.75, 3.05) is 37.8 Å². The molecule has 3 rings (SSSR count). The van der Waals surface area contributed by atoms with Gasteiger partial charge >= 0.3 is 0 Å². The van der Waals surface area contributed by atoms with Crippen LogP contribution in [0, 0.1) is 5.82 Å². The van der Waals surface area contributed by atoms with Crippen molar-refractivity contribution in [2.24, 2.45) is 14.1 Å². The lowest BCUT2D eigenvalue weighted by Gasteiger charge is -2.10. The van der Waals surface area contributed by atoms with E-state index in [4.69, 9.17) is 0 Å². The summed E-state index contributed by atoms with van der Waals surface area (Å²) < 4.78 is 16.3. The molecule has 0 unspecified atom stereocenters. The largest absolute Gasteiger partial charge is 0.351 e. The van der Waals surface area contributed by atoms with E-state index in [0.717, 1.165) is 13.0 Å². The first-order valence-corrected chi connectivity index (χ1v) is 10.8. The second kappa shape index (κ2) is 10.8. The molecule has 2 heterocycles. The Kier molecular flexibility index (Phi) is 7.85. The minimum atomic E-state index is -0.430. The van der Waals surface area contributed by atoms with Gasteiger partial charge in [-0.25, -0.2) is 4.39 Å². The van der Waals surface area contributed by atoms with E-state index in [2.05, 4.69) is 16.0 Å². The molecular formula is C24H29FN6O3. The van der Waals surface area contributed by atoms with E-state index in [1.807, 2.05) is 19.0 Å². The zero-order valence-corrected chi connectivity index (χ0v) is 19.7. The molecule has 0 atom stereocenters. The third-order valence-corrected chi connectivity index (χ3v) is 5.16. The average Bonchev–Trinajstić information content (AvgIpc) is 3.33. The third-order valence-electron chi connectivity index (χ3n) is 5.16. The summed E-state index contributed by atoms with van der Waals surface area (Å²) in [6.45, 7) is 1.43. The van der Waals surface area contributed by atoms with Crippen LogP contribution in [0.4, 0.5) is 15.8 Å². The highest BCUT2D eigenvalue weighted by Gasteiger charge is 2.17. The summed E-state index contributed by atoms with van der Waals surface area (Å²) >= 11 is 0. The number of benzene rings is 1. The minimum absolute atomic E-state index is 0.216. The van der Waals surface area contributed by atoms with Crippen molar-refractivity contribution in [2.45, 2.75) is 6.42 Å². The smallest absolute Gasteiger partial charge is 0.272 e. The van der Waals surface area contributed by atoms with Gasteiger partial charge in [0.05, 0.1) is 11.4 Å². The Morgan fingerprint density at radius 2 is 1.38 bits per heavy atom. The van der Waals surface area contributed by atoms with Crippen LogP contribution in [0.5, 0.6) is 0 Å². The lowest BCUT2D eigenvalue weighted by molar-refractivity contribution is 0.0942. The van der Waals surface area contributed by atoms with Gasteiger partial charge in [-0.3, -0.25) is 14.4 Å². The number of halogens is 1. The Labute approximate surface area is 197 Å². The number of carbonyl (C=O) groups is 3. The van der Waals surface area contributed by atoms with Crippen molar-refractivity contribution in [1.82, 2.24) is 19.4 Å². The van der Waals surface area contributed by atoms with Gasteiger partial charge in [-0.05, 0) is 63.5 Å². The van der Waals surface area contributed by atoms with Crippen molar-refractivity contribution < 1.29 is 18.8 Å². The third kappa shape index (κ3) is 6.32. The summed E-state index contributed by atoms with van der Waals surface area (Å²) in [5, 5.41) is 8.35. The van der Waals surface area contributed by atoms with Crippen LogP contribution < -0.4 is 16.0 Å². The molecule has 3 N–H and O–H groups in total. The monoisotopic (exact) mass is 468 g/mol. The molecule has 2 aromatic heterocycles. The first kappa shape index (κ1) is 24.7. The lowest BCUT2D eigenvalue weighted by atomic mass is 10.2. The Morgan fingerprint density at radius 1 is 0.853 bits per heavy atom. The molecule has 3 aromatic rings. The molecule has 0 spiro atoms. The zero-order chi connectivity index (χ0) is 24.8. The van der Waals surface area contributed by atoms with Gasteiger partial charge in [-0.2, -0.15) is 0 Å². The van der Waals surface area contributed by atoms with Crippen molar-refractivity contribution in [3.63, 3.8) is 0 Å². The van der Waals surface area contributed by atoms with Crippen LogP contribution >= 0.6 is 0 Å². The van der Waals surface area contributed by atoms with Crippen molar-refractivity contribution in [3.05, 3.63) is 71.6 Å². The number of carbonyl (C=O) groups excluding carboxylic acids is 3. The van der Waals surface area contributed by atoms with E-state index in [-0.39, 0.29) is 5.91 Å². The van der Waals surface area contributed by atoms with Crippen LogP contribution in [0.2, 0.25) is 0 Å². The van der Waals surface area contributed by atoms with Crippen LogP contribution in [-0.4, -0.2) is 58.9 Å². The van der Waals surface area contributed by atoms with Gasteiger partial charge in [-0.1, -0.05) is 0 Å². The normalized spacial score (nSPS) is 10.9. The van der Waals surface area contributed by atoms with E-state index >= 15 is 0 Å². The Morgan fingerprint density at radius 3 is 1.94 bits per heavy atom. The number of rotatable bonds is 9. The second-order valence-corrected chi connectivity index (χ2v) is 8.28. The SMILES string of the molecule is CN(C)CCCNC(=O)c1cc(NC(=O)c2cc(NC(=O)c3ccc(F)cc3)cn2C)cn1C. The number of aromatic nitrogens is 2. The number of nitrogens with zero attached hydrogens (tertiary/aromatic N) is 3. The zero-order valence-electron chi connectivity index (χ0n) is 19.7. The topological polar surface area (TPSA) is 100 Å². The first-order valence-electron chi connectivity index (χ1n) is 10.8. The van der Waals surface area contributed by atoms with Crippen molar-refractivity contribution in [1.29, 1.82) is 0 Å². The summed E-state index contributed by atoms with van der Waals surface area (Å²) in [5.41, 5.74) is 1.94. The van der Waals surface area contributed by atoms with Crippen molar-refractivity contribution in [3.8, 4) is 0 Å². The highest BCUT2D eigenvalue weighted by Crippen LogP contribution is 2.18. The molecular weight excluding hydrogens is 439 g/mol. The van der Waals surface area contributed by atoms with E-state index < -0.39 is 17.6 Å². The summed E-state index contributed by atoms with van der Waals surface area (Å²) in [6.07, 6.45) is 4.10. The molecule has 10 heteroatoms. The highest BCUT2D eigenvalue weighted by molar-refractivity contribution is 6.07. The van der Waals surface area contributed by atoms with Gasteiger partial charge < -0.3 is 30.0 Å². The van der Waals surface area contributed by atoms with Crippen LogP contribution in [0.15, 0.2) is 48.8 Å². The molecule has 0 aliphatic heterocycles. The van der Waals surface area contributed by atoms with E-state index in [1.54, 1.807) is 41.7 Å². The Balaban J connectivity index is 1.62.